The SMILES string of the molecule is CC(C)c1ccc([C@@H](Nc2nc3ccccn3c(=O)c2[N+](=O)[O-])C(C)C)cc1. The fourth-order valence-electron chi connectivity index (χ4n) is 3.22. The van der Waals surface area contributed by atoms with Gasteiger partial charge in [-0.1, -0.05) is 58.0 Å². The first kappa shape index (κ1) is 19.5. The van der Waals surface area contributed by atoms with E-state index in [-0.39, 0.29) is 17.8 Å². The Bertz CT molecular complexity index is 1060. The number of fused-ring (bicyclic) bond motifs is 1. The Hall–Kier alpha value is -3.22. The van der Waals surface area contributed by atoms with Crippen molar-refractivity contribution in [1.29, 1.82) is 0 Å². The Kier molecular flexibility index (Phi) is 5.44. The summed E-state index contributed by atoms with van der Waals surface area (Å²) in [5, 5.41) is 14.8. The van der Waals surface area contributed by atoms with Gasteiger partial charge in [0.15, 0.2) is 0 Å². The maximum absolute atomic E-state index is 12.6. The number of hydrogen-bond acceptors (Lipinski definition) is 5. The molecule has 0 aliphatic carbocycles. The van der Waals surface area contributed by atoms with E-state index >= 15 is 0 Å². The first-order valence-electron chi connectivity index (χ1n) is 9.31. The molecule has 0 radical (unpaired) electrons. The molecule has 0 amide bonds. The van der Waals surface area contributed by atoms with Gasteiger partial charge in [0.25, 0.3) is 0 Å². The van der Waals surface area contributed by atoms with E-state index in [0.29, 0.717) is 11.6 Å². The van der Waals surface area contributed by atoms with Gasteiger partial charge in [-0.3, -0.25) is 19.3 Å². The van der Waals surface area contributed by atoms with Crippen molar-refractivity contribution >= 4 is 17.2 Å². The third kappa shape index (κ3) is 3.74. The number of benzene rings is 1. The predicted molar refractivity (Wildman–Crippen MR) is 110 cm³/mol. The molecular weight excluding hydrogens is 356 g/mol. The van der Waals surface area contributed by atoms with Gasteiger partial charge >= 0.3 is 11.2 Å². The number of anilines is 1. The van der Waals surface area contributed by atoms with Crippen molar-refractivity contribution in [2.24, 2.45) is 5.92 Å². The van der Waals surface area contributed by atoms with Crippen LogP contribution in [0.5, 0.6) is 0 Å². The molecule has 0 spiro atoms. The van der Waals surface area contributed by atoms with Crippen molar-refractivity contribution in [2.45, 2.75) is 39.7 Å². The average molecular weight is 380 g/mol. The zero-order chi connectivity index (χ0) is 20.4. The van der Waals surface area contributed by atoms with Gasteiger partial charge in [-0.05, 0) is 35.1 Å². The second-order valence-electron chi connectivity index (χ2n) is 7.49. The smallest absolute Gasteiger partial charge is 0.357 e. The summed E-state index contributed by atoms with van der Waals surface area (Å²) in [6, 6.07) is 13.0. The molecule has 146 valence electrons. The molecule has 1 N–H and O–H groups in total. The predicted octanol–water partition coefficient (Wildman–Crippen LogP) is 4.54. The number of rotatable bonds is 6. The summed E-state index contributed by atoms with van der Waals surface area (Å²) in [4.78, 5) is 27.9. The number of hydrogen-bond donors (Lipinski definition) is 1. The van der Waals surface area contributed by atoms with Gasteiger partial charge < -0.3 is 5.32 Å². The van der Waals surface area contributed by atoms with Crippen LogP contribution in [0.2, 0.25) is 0 Å². The van der Waals surface area contributed by atoms with Crippen LogP contribution >= 0.6 is 0 Å². The first-order chi connectivity index (χ1) is 13.3. The fourth-order valence-corrected chi connectivity index (χ4v) is 3.22. The zero-order valence-corrected chi connectivity index (χ0v) is 16.4. The monoisotopic (exact) mass is 380 g/mol. The van der Waals surface area contributed by atoms with Crippen LogP contribution in [0.4, 0.5) is 11.5 Å². The molecule has 0 aliphatic rings. The fraction of sp³-hybridized carbons (Fsp3) is 0.333. The molecule has 0 bridgehead atoms. The Balaban J connectivity index is 2.08. The molecule has 3 aromatic rings. The van der Waals surface area contributed by atoms with E-state index in [9.17, 15) is 14.9 Å². The molecule has 0 saturated heterocycles. The summed E-state index contributed by atoms with van der Waals surface area (Å²) in [6.45, 7) is 8.30. The van der Waals surface area contributed by atoms with Crippen LogP contribution in [0.3, 0.4) is 0 Å². The van der Waals surface area contributed by atoms with Crippen LogP contribution in [0.25, 0.3) is 5.65 Å². The van der Waals surface area contributed by atoms with Crippen LogP contribution in [-0.2, 0) is 0 Å². The van der Waals surface area contributed by atoms with E-state index in [0.717, 1.165) is 5.56 Å². The standard InChI is InChI=1S/C21H24N4O3/c1-13(2)15-8-10-16(11-9-15)18(14(3)4)23-20-19(25(27)28)21(26)24-12-6-5-7-17(24)22-20/h5-14,18,23H,1-4H3/t18-/m0/s1. The van der Waals surface area contributed by atoms with Crippen LogP contribution in [0.1, 0.15) is 50.8 Å². The molecule has 0 aliphatic heterocycles. The maximum atomic E-state index is 12.6. The van der Waals surface area contributed by atoms with Gasteiger partial charge in [0.05, 0.1) is 11.0 Å². The Morgan fingerprint density at radius 1 is 1.04 bits per heavy atom. The Labute approximate surface area is 163 Å². The van der Waals surface area contributed by atoms with Gasteiger partial charge in [0.1, 0.15) is 5.65 Å². The van der Waals surface area contributed by atoms with Crippen molar-refractivity contribution < 1.29 is 4.92 Å². The summed E-state index contributed by atoms with van der Waals surface area (Å²) in [5.41, 5.74) is 1.32. The van der Waals surface area contributed by atoms with E-state index in [2.05, 4.69) is 36.3 Å². The van der Waals surface area contributed by atoms with Crippen LogP contribution < -0.4 is 10.9 Å². The second kappa shape index (κ2) is 7.80. The second-order valence-corrected chi connectivity index (χ2v) is 7.49. The Morgan fingerprint density at radius 2 is 1.68 bits per heavy atom. The minimum atomic E-state index is -0.698. The molecule has 28 heavy (non-hydrogen) atoms. The summed E-state index contributed by atoms with van der Waals surface area (Å²) >= 11 is 0. The van der Waals surface area contributed by atoms with Gasteiger partial charge in [0, 0.05) is 6.20 Å². The number of nitrogens with zero attached hydrogens (tertiary/aromatic N) is 3. The van der Waals surface area contributed by atoms with Gasteiger partial charge in [-0.25, -0.2) is 4.98 Å². The lowest BCUT2D eigenvalue weighted by Crippen LogP contribution is -2.24. The number of nitrogens with one attached hydrogen (secondary N) is 1. The Morgan fingerprint density at radius 3 is 2.25 bits per heavy atom. The van der Waals surface area contributed by atoms with Crippen molar-refractivity contribution in [3.8, 4) is 0 Å². The number of pyridine rings is 1. The highest BCUT2D eigenvalue weighted by Gasteiger charge is 2.27. The lowest BCUT2D eigenvalue weighted by molar-refractivity contribution is -0.385. The van der Waals surface area contributed by atoms with E-state index in [1.165, 1.54) is 16.2 Å². The summed E-state index contributed by atoms with van der Waals surface area (Å²) in [6.07, 6.45) is 1.48. The van der Waals surface area contributed by atoms with Crippen LogP contribution in [-0.4, -0.2) is 14.3 Å². The molecular formula is C21H24N4O3. The minimum Gasteiger partial charge on any atom is -0.357 e. The maximum Gasteiger partial charge on any atom is 0.376 e. The normalized spacial score (nSPS) is 12.5. The third-order valence-corrected chi connectivity index (χ3v) is 4.81. The van der Waals surface area contributed by atoms with Gasteiger partial charge in [-0.15, -0.1) is 0 Å². The summed E-state index contributed by atoms with van der Waals surface area (Å²) in [5.74, 6) is 0.538. The quantitative estimate of drug-likeness (QED) is 0.501. The number of aromatic nitrogens is 2. The third-order valence-electron chi connectivity index (χ3n) is 4.81. The molecule has 0 unspecified atom stereocenters. The first-order valence-corrected chi connectivity index (χ1v) is 9.31. The average Bonchev–Trinajstić information content (AvgIpc) is 2.65. The zero-order valence-electron chi connectivity index (χ0n) is 16.4. The summed E-state index contributed by atoms with van der Waals surface area (Å²) < 4.78 is 1.19. The molecule has 7 heteroatoms. The van der Waals surface area contributed by atoms with E-state index in [1.54, 1.807) is 18.2 Å². The highest BCUT2D eigenvalue weighted by Crippen LogP contribution is 2.30. The largest absolute Gasteiger partial charge is 0.376 e. The molecule has 7 nitrogen and oxygen atoms in total. The van der Waals surface area contributed by atoms with Crippen molar-refractivity contribution in [2.75, 3.05) is 5.32 Å². The molecule has 1 atom stereocenters. The molecule has 0 saturated carbocycles. The highest BCUT2D eigenvalue weighted by molar-refractivity contribution is 5.60. The number of nitro groups is 1. The van der Waals surface area contributed by atoms with Gasteiger partial charge in [-0.2, -0.15) is 0 Å². The van der Waals surface area contributed by atoms with E-state index in [4.69, 9.17) is 0 Å². The summed E-state index contributed by atoms with van der Waals surface area (Å²) in [7, 11) is 0. The molecule has 1 aromatic carbocycles. The highest BCUT2D eigenvalue weighted by atomic mass is 16.6. The topological polar surface area (TPSA) is 89.5 Å². The molecule has 2 heterocycles. The minimum absolute atomic E-state index is 0.00663. The molecule has 0 fully saturated rings. The lowest BCUT2D eigenvalue weighted by Gasteiger charge is -2.24. The molecule has 2 aromatic heterocycles. The van der Waals surface area contributed by atoms with E-state index in [1.807, 2.05) is 26.0 Å². The van der Waals surface area contributed by atoms with Crippen molar-refractivity contribution in [3.63, 3.8) is 0 Å². The molecule has 3 rings (SSSR count). The van der Waals surface area contributed by atoms with Crippen molar-refractivity contribution in [3.05, 3.63) is 80.3 Å². The van der Waals surface area contributed by atoms with Crippen LogP contribution in [0.15, 0.2) is 53.5 Å². The van der Waals surface area contributed by atoms with E-state index < -0.39 is 16.2 Å². The lowest BCUT2D eigenvalue weighted by atomic mass is 9.93. The van der Waals surface area contributed by atoms with Crippen molar-refractivity contribution in [1.82, 2.24) is 9.38 Å². The van der Waals surface area contributed by atoms with Gasteiger partial charge in [0.2, 0.25) is 5.82 Å². The van der Waals surface area contributed by atoms with Crippen LogP contribution in [0, 0.1) is 16.0 Å².